The zero-order valence-electron chi connectivity index (χ0n) is 13.0. The summed E-state index contributed by atoms with van der Waals surface area (Å²) >= 11 is 0. The molecule has 5 nitrogen and oxygen atoms in total. The Morgan fingerprint density at radius 3 is 2.65 bits per heavy atom. The standard InChI is InChI=1S/C15H27N3O2/c1-10-7-11(5-6-16-10)14(20)17-12-8-13(19)18(9-12)15(2,3)4/h10-12,16H,5-9H2,1-4H3,(H,17,20)/t10-,11-,12?/m0/s1. The number of carbonyl (C=O) groups is 2. The van der Waals surface area contributed by atoms with Crippen LogP contribution < -0.4 is 10.6 Å². The van der Waals surface area contributed by atoms with Crippen molar-refractivity contribution in [2.75, 3.05) is 13.1 Å². The van der Waals surface area contributed by atoms with Crippen molar-refractivity contribution in [3.63, 3.8) is 0 Å². The summed E-state index contributed by atoms with van der Waals surface area (Å²) in [5.41, 5.74) is -0.167. The van der Waals surface area contributed by atoms with Gasteiger partial charge < -0.3 is 15.5 Å². The van der Waals surface area contributed by atoms with Gasteiger partial charge in [0, 0.05) is 30.5 Å². The zero-order chi connectivity index (χ0) is 14.9. The molecule has 0 aromatic carbocycles. The van der Waals surface area contributed by atoms with E-state index in [0.29, 0.717) is 19.0 Å². The van der Waals surface area contributed by atoms with Crippen molar-refractivity contribution in [1.29, 1.82) is 0 Å². The lowest BCUT2D eigenvalue weighted by molar-refractivity contribution is -0.131. The molecule has 1 unspecified atom stereocenters. The van der Waals surface area contributed by atoms with Gasteiger partial charge in [-0.25, -0.2) is 0 Å². The number of rotatable bonds is 2. The Balaban J connectivity index is 1.88. The fourth-order valence-corrected chi connectivity index (χ4v) is 3.14. The van der Waals surface area contributed by atoms with Crippen LogP contribution in [-0.2, 0) is 9.59 Å². The maximum Gasteiger partial charge on any atom is 0.225 e. The minimum atomic E-state index is -0.167. The predicted molar refractivity (Wildman–Crippen MR) is 78.2 cm³/mol. The normalized spacial score (nSPS) is 31.5. The molecule has 0 radical (unpaired) electrons. The summed E-state index contributed by atoms with van der Waals surface area (Å²) < 4.78 is 0. The first-order chi connectivity index (χ1) is 9.27. The molecule has 2 amide bonds. The SMILES string of the molecule is C[C@H]1C[C@@H](C(=O)NC2CC(=O)N(C(C)(C)C)C2)CCN1. The molecule has 0 aromatic heterocycles. The van der Waals surface area contributed by atoms with Crippen LogP contribution in [0.5, 0.6) is 0 Å². The molecule has 2 rings (SSSR count). The van der Waals surface area contributed by atoms with Crippen molar-refractivity contribution >= 4 is 11.8 Å². The molecule has 2 heterocycles. The van der Waals surface area contributed by atoms with E-state index in [4.69, 9.17) is 0 Å². The Morgan fingerprint density at radius 2 is 2.10 bits per heavy atom. The zero-order valence-corrected chi connectivity index (χ0v) is 13.0. The first-order valence-corrected chi connectivity index (χ1v) is 7.61. The third kappa shape index (κ3) is 3.51. The van der Waals surface area contributed by atoms with Crippen LogP contribution in [0.2, 0.25) is 0 Å². The minimum absolute atomic E-state index is 0.0283. The van der Waals surface area contributed by atoms with Gasteiger partial charge in [0.25, 0.3) is 0 Å². The topological polar surface area (TPSA) is 61.4 Å². The lowest BCUT2D eigenvalue weighted by Crippen LogP contribution is -2.47. The van der Waals surface area contributed by atoms with Gasteiger partial charge in [-0.05, 0) is 47.1 Å². The van der Waals surface area contributed by atoms with E-state index in [9.17, 15) is 9.59 Å². The van der Waals surface area contributed by atoms with Crippen LogP contribution >= 0.6 is 0 Å². The predicted octanol–water partition coefficient (Wildman–Crippen LogP) is 0.890. The van der Waals surface area contributed by atoms with E-state index in [-0.39, 0.29) is 29.3 Å². The fraction of sp³-hybridized carbons (Fsp3) is 0.867. The molecule has 2 aliphatic rings. The average molecular weight is 281 g/mol. The molecule has 0 aliphatic carbocycles. The molecular weight excluding hydrogens is 254 g/mol. The minimum Gasteiger partial charge on any atom is -0.351 e. The fourth-order valence-electron chi connectivity index (χ4n) is 3.14. The van der Waals surface area contributed by atoms with Crippen LogP contribution in [0.4, 0.5) is 0 Å². The molecule has 0 spiro atoms. The van der Waals surface area contributed by atoms with Gasteiger partial charge in [0.15, 0.2) is 0 Å². The summed E-state index contributed by atoms with van der Waals surface area (Å²) in [5.74, 6) is 0.346. The Kier molecular flexibility index (Phi) is 4.37. The summed E-state index contributed by atoms with van der Waals surface area (Å²) in [6.07, 6.45) is 2.21. The molecule has 0 saturated carbocycles. The first kappa shape index (κ1) is 15.3. The summed E-state index contributed by atoms with van der Waals surface area (Å²) in [4.78, 5) is 26.2. The Hall–Kier alpha value is -1.10. The molecule has 0 aromatic rings. The molecule has 2 saturated heterocycles. The molecule has 0 bridgehead atoms. The van der Waals surface area contributed by atoms with Crippen molar-refractivity contribution < 1.29 is 9.59 Å². The van der Waals surface area contributed by atoms with E-state index in [1.165, 1.54) is 0 Å². The van der Waals surface area contributed by atoms with Crippen LogP contribution in [0.25, 0.3) is 0 Å². The summed E-state index contributed by atoms with van der Waals surface area (Å²) in [5, 5.41) is 6.42. The highest BCUT2D eigenvalue weighted by Gasteiger charge is 2.37. The van der Waals surface area contributed by atoms with E-state index < -0.39 is 0 Å². The largest absolute Gasteiger partial charge is 0.351 e. The average Bonchev–Trinajstić information content (AvgIpc) is 2.70. The number of carbonyl (C=O) groups excluding carboxylic acids is 2. The third-order valence-corrected chi connectivity index (χ3v) is 4.28. The lowest BCUT2D eigenvalue weighted by atomic mass is 9.92. The van der Waals surface area contributed by atoms with Crippen molar-refractivity contribution in [2.24, 2.45) is 5.92 Å². The summed E-state index contributed by atoms with van der Waals surface area (Å²) in [6, 6.07) is 0.371. The van der Waals surface area contributed by atoms with E-state index in [1.807, 2.05) is 25.7 Å². The maximum absolute atomic E-state index is 12.3. The summed E-state index contributed by atoms with van der Waals surface area (Å²) in [6.45, 7) is 9.74. The highest BCUT2D eigenvalue weighted by atomic mass is 16.2. The molecule has 2 N–H and O–H groups in total. The van der Waals surface area contributed by atoms with Gasteiger partial charge >= 0.3 is 0 Å². The van der Waals surface area contributed by atoms with E-state index in [2.05, 4.69) is 17.6 Å². The number of nitrogens with one attached hydrogen (secondary N) is 2. The quantitative estimate of drug-likeness (QED) is 0.790. The van der Waals surface area contributed by atoms with Gasteiger partial charge in [0.05, 0.1) is 6.04 Å². The smallest absolute Gasteiger partial charge is 0.225 e. The van der Waals surface area contributed by atoms with Crippen LogP contribution in [-0.4, -0.2) is 47.4 Å². The highest BCUT2D eigenvalue weighted by Crippen LogP contribution is 2.23. The number of likely N-dealkylation sites (tertiary alicyclic amines) is 1. The first-order valence-electron chi connectivity index (χ1n) is 7.61. The van der Waals surface area contributed by atoms with Gasteiger partial charge in [-0.1, -0.05) is 0 Å². The van der Waals surface area contributed by atoms with Crippen LogP contribution in [0.3, 0.4) is 0 Å². The Labute approximate surface area is 121 Å². The number of nitrogens with zero attached hydrogens (tertiary/aromatic N) is 1. The highest BCUT2D eigenvalue weighted by molar-refractivity contribution is 5.83. The molecule has 3 atom stereocenters. The second-order valence-electron chi connectivity index (χ2n) is 7.16. The monoisotopic (exact) mass is 281 g/mol. The number of amides is 2. The van der Waals surface area contributed by atoms with Gasteiger partial charge in [-0.15, -0.1) is 0 Å². The van der Waals surface area contributed by atoms with Crippen molar-refractivity contribution in [3.05, 3.63) is 0 Å². The second-order valence-corrected chi connectivity index (χ2v) is 7.16. The molecular formula is C15H27N3O2. The van der Waals surface area contributed by atoms with Crippen molar-refractivity contribution in [2.45, 2.75) is 64.6 Å². The molecule has 2 aliphatic heterocycles. The van der Waals surface area contributed by atoms with Crippen molar-refractivity contribution in [1.82, 2.24) is 15.5 Å². The van der Waals surface area contributed by atoms with Gasteiger partial charge in [0.2, 0.25) is 11.8 Å². The molecule has 20 heavy (non-hydrogen) atoms. The van der Waals surface area contributed by atoms with Crippen LogP contribution in [0.1, 0.15) is 47.0 Å². The van der Waals surface area contributed by atoms with E-state index in [1.54, 1.807) is 0 Å². The molecule has 5 heteroatoms. The Bertz CT molecular complexity index is 389. The van der Waals surface area contributed by atoms with E-state index in [0.717, 1.165) is 19.4 Å². The number of hydrogen-bond acceptors (Lipinski definition) is 3. The van der Waals surface area contributed by atoms with Crippen LogP contribution in [0.15, 0.2) is 0 Å². The van der Waals surface area contributed by atoms with Gasteiger partial charge in [-0.3, -0.25) is 9.59 Å². The van der Waals surface area contributed by atoms with E-state index >= 15 is 0 Å². The van der Waals surface area contributed by atoms with Gasteiger partial charge in [0.1, 0.15) is 0 Å². The van der Waals surface area contributed by atoms with Crippen LogP contribution in [0, 0.1) is 5.92 Å². The third-order valence-electron chi connectivity index (χ3n) is 4.28. The lowest BCUT2D eigenvalue weighted by Gasteiger charge is -2.32. The maximum atomic E-state index is 12.3. The second kappa shape index (κ2) is 5.72. The van der Waals surface area contributed by atoms with Crippen molar-refractivity contribution in [3.8, 4) is 0 Å². The Morgan fingerprint density at radius 1 is 1.40 bits per heavy atom. The van der Waals surface area contributed by atoms with Gasteiger partial charge in [-0.2, -0.15) is 0 Å². The summed E-state index contributed by atoms with van der Waals surface area (Å²) in [7, 11) is 0. The number of hydrogen-bond donors (Lipinski definition) is 2. The molecule has 114 valence electrons. The number of piperidine rings is 1. The molecule has 2 fully saturated rings.